The molecule has 0 aliphatic heterocycles. The SMILES string of the molecule is O=C(O)c1ncccc1C#CCCCl. The van der Waals surface area contributed by atoms with Gasteiger partial charge in [0.2, 0.25) is 0 Å². The van der Waals surface area contributed by atoms with Crippen molar-refractivity contribution in [2.45, 2.75) is 6.42 Å². The van der Waals surface area contributed by atoms with Crippen molar-refractivity contribution in [1.29, 1.82) is 0 Å². The summed E-state index contributed by atoms with van der Waals surface area (Å²) in [5.41, 5.74) is 0.402. The van der Waals surface area contributed by atoms with Crippen molar-refractivity contribution < 1.29 is 9.90 Å². The number of aromatic nitrogens is 1. The summed E-state index contributed by atoms with van der Waals surface area (Å²) in [4.78, 5) is 14.4. The van der Waals surface area contributed by atoms with Gasteiger partial charge in [-0.3, -0.25) is 0 Å². The number of aromatic carboxylic acids is 1. The maximum Gasteiger partial charge on any atom is 0.355 e. The van der Waals surface area contributed by atoms with Crippen molar-refractivity contribution in [2.24, 2.45) is 0 Å². The van der Waals surface area contributed by atoms with Crippen molar-refractivity contribution in [3.8, 4) is 11.8 Å². The van der Waals surface area contributed by atoms with E-state index in [4.69, 9.17) is 16.7 Å². The number of carboxylic acids is 1. The lowest BCUT2D eigenvalue weighted by molar-refractivity contribution is 0.0690. The second kappa shape index (κ2) is 5.25. The number of hydrogen-bond acceptors (Lipinski definition) is 2. The van der Waals surface area contributed by atoms with Crippen LogP contribution in [-0.2, 0) is 0 Å². The molecule has 0 amide bonds. The highest BCUT2D eigenvalue weighted by Gasteiger charge is 2.07. The number of carbonyl (C=O) groups is 1. The standard InChI is InChI=1S/C10H8ClNO2/c11-6-2-1-4-8-5-3-7-12-9(8)10(13)14/h3,5,7H,2,6H2,(H,13,14). The lowest BCUT2D eigenvalue weighted by Crippen LogP contribution is -2.02. The van der Waals surface area contributed by atoms with E-state index in [1.54, 1.807) is 12.1 Å². The third-order valence-corrected chi connectivity index (χ3v) is 1.64. The minimum Gasteiger partial charge on any atom is -0.476 e. The molecule has 1 heterocycles. The minimum atomic E-state index is -1.07. The summed E-state index contributed by atoms with van der Waals surface area (Å²) in [7, 11) is 0. The van der Waals surface area contributed by atoms with Gasteiger partial charge in [-0.05, 0) is 12.1 Å². The highest BCUT2D eigenvalue weighted by atomic mass is 35.5. The van der Waals surface area contributed by atoms with Crippen LogP contribution in [-0.4, -0.2) is 21.9 Å². The summed E-state index contributed by atoms with van der Waals surface area (Å²) in [5, 5.41) is 8.77. The normalized spacial score (nSPS) is 8.93. The molecule has 14 heavy (non-hydrogen) atoms. The molecular formula is C10H8ClNO2. The first-order valence-electron chi connectivity index (χ1n) is 3.99. The Morgan fingerprint density at radius 2 is 2.43 bits per heavy atom. The quantitative estimate of drug-likeness (QED) is 0.597. The zero-order valence-electron chi connectivity index (χ0n) is 7.33. The van der Waals surface area contributed by atoms with E-state index in [9.17, 15) is 4.79 Å². The van der Waals surface area contributed by atoms with Crippen LogP contribution in [0.5, 0.6) is 0 Å². The lowest BCUT2D eigenvalue weighted by Gasteiger charge is -1.95. The third-order valence-electron chi connectivity index (χ3n) is 1.45. The molecule has 0 spiro atoms. The summed E-state index contributed by atoms with van der Waals surface area (Å²) < 4.78 is 0. The maximum absolute atomic E-state index is 10.7. The molecule has 1 aromatic rings. The average molecular weight is 210 g/mol. The molecule has 0 fully saturated rings. The molecule has 0 saturated heterocycles. The molecule has 0 aromatic carbocycles. The summed E-state index contributed by atoms with van der Waals surface area (Å²) in [6.45, 7) is 0. The van der Waals surface area contributed by atoms with Crippen LogP contribution in [0.1, 0.15) is 22.5 Å². The average Bonchev–Trinajstić information content (AvgIpc) is 2.19. The van der Waals surface area contributed by atoms with E-state index in [1.165, 1.54) is 6.20 Å². The second-order valence-corrected chi connectivity index (χ2v) is 2.82. The summed E-state index contributed by atoms with van der Waals surface area (Å²) in [6, 6.07) is 3.27. The summed E-state index contributed by atoms with van der Waals surface area (Å²) >= 11 is 5.44. The molecule has 1 rings (SSSR count). The Morgan fingerprint density at radius 3 is 3.07 bits per heavy atom. The van der Waals surface area contributed by atoms with Crippen LogP contribution < -0.4 is 0 Å². The molecule has 4 heteroatoms. The number of alkyl halides is 1. The van der Waals surface area contributed by atoms with Gasteiger partial charge in [0.25, 0.3) is 0 Å². The van der Waals surface area contributed by atoms with Gasteiger partial charge in [-0.25, -0.2) is 9.78 Å². The van der Waals surface area contributed by atoms with Crippen LogP contribution in [0.2, 0.25) is 0 Å². The van der Waals surface area contributed by atoms with Crippen LogP contribution in [0, 0.1) is 11.8 Å². The summed E-state index contributed by atoms with van der Waals surface area (Å²) in [5.74, 6) is 4.85. The number of hydrogen-bond donors (Lipinski definition) is 1. The Kier molecular flexibility index (Phi) is 3.96. The van der Waals surface area contributed by atoms with Gasteiger partial charge in [0.05, 0.1) is 5.56 Å². The molecule has 0 radical (unpaired) electrons. The fourth-order valence-electron chi connectivity index (χ4n) is 0.882. The van der Waals surface area contributed by atoms with Crippen molar-refractivity contribution >= 4 is 17.6 Å². The fourth-order valence-corrected chi connectivity index (χ4v) is 0.976. The van der Waals surface area contributed by atoms with Crippen LogP contribution in [0.15, 0.2) is 18.3 Å². The molecule has 0 aliphatic rings. The summed E-state index contributed by atoms with van der Waals surface area (Å²) in [6.07, 6.45) is 1.96. The molecule has 0 unspecified atom stereocenters. The molecular weight excluding hydrogens is 202 g/mol. The Labute approximate surface area is 86.7 Å². The van der Waals surface area contributed by atoms with Crippen molar-refractivity contribution in [3.63, 3.8) is 0 Å². The smallest absolute Gasteiger partial charge is 0.355 e. The topological polar surface area (TPSA) is 50.2 Å². The highest BCUT2D eigenvalue weighted by molar-refractivity contribution is 6.18. The molecule has 72 valence electrons. The van der Waals surface area contributed by atoms with Gasteiger partial charge < -0.3 is 5.11 Å². The molecule has 1 aromatic heterocycles. The molecule has 1 N–H and O–H groups in total. The zero-order valence-corrected chi connectivity index (χ0v) is 8.08. The van der Waals surface area contributed by atoms with Crippen LogP contribution in [0.4, 0.5) is 0 Å². The van der Waals surface area contributed by atoms with Gasteiger partial charge in [-0.2, -0.15) is 0 Å². The Hall–Kier alpha value is -1.53. The predicted octanol–water partition coefficient (Wildman–Crippen LogP) is 1.76. The number of halogens is 1. The van der Waals surface area contributed by atoms with E-state index in [-0.39, 0.29) is 5.69 Å². The minimum absolute atomic E-state index is 0.0189. The maximum atomic E-state index is 10.7. The van der Waals surface area contributed by atoms with Crippen molar-refractivity contribution in [3.05, 3.63) is 29.6 Å². The highest BCUT2D eigenvalue weighted by Crippen LogP contribution is 2.03. The molecule has 0 bridgehead atoms. The second-order valence-electron chi connectivity index (χ2n) is 2.45. The molecule has 3 nitrogen and oxygen atoms in total. The van der Waals surface area contributed by atoms with E-state index in [0.717, 1.165) is 0 Å². The van der Waals surface area contributed by atoms with E-state index in [2.05, 4.69) is 16.8 Å². The van der Waals surface area contributed by atoms with E-state index in [0.29, 0.717) is 17.9 Å². The van der Waals surface area contributed by atoms with E-state index in [1.807, 2.05) is 0 Å². The van der Waals surface area contributed by atoms with Crippen molar-refractivity contribution in [1.82, 2.24) is 4.98 Å². The number of rotatable bonds is 2. The Morgan fingerprint density at radius 1 is 1.64 bits per heavy atom. The van der Waals surface area contributed by atoms with E-state index < -0.39 is 5.97 Å². The van der Waals surface area contributed by atoms with Gasteiger partial charge in [0.1, 0.15) is 0 Å². The zero-order chi connectivity index (χ0) is 10.4. The first kappa shape index (κ1) is 10.6. The lowest BCUT2D eigenvalue weighted by atomic mass is 10.2. The van der Waals surface area contributed by atoms with Crippen LogP contribution in [0.25, 0.3) is 0 Å². The van der Waals surface area contributed by atoms with Crippen LogP contribution in [0.3, 0.4) is 0 Å². The largest absolute Gasteiger partial charge is 0.476 e. The molecule has 0 atom stereocenters. The Balaban J connectivity index is 2.97. The van der Waals surface area contributed by atoms with Crippen molar-refractivity contribution in [2.75, 3.05) is 5.88 Å². The Bertz CT molecular complexity index is 393. The molecule has 0 aliphatic carbocycles. The first-order chi connectivity index (χ1) is 6.75. The monoisotopic (exact) mass is 209 g/mol. The number of pyridine rings is 1. The third kappa shape index (κ3) is 2.75. The van der Waals surface area contributed by atoms with Crippen LogP contribution >= 0.6 is 11.6 Å². The number of carboxylic acid groups (broad SMARTS) is 1. The van der Waals surface area contributed by atoms with Gasteiger partial charge in [-0.15, -0.1) is 11.6 Å². The number of nitrogens with zero attached hydrogens (tertiary/aromatic N) is 1. The van der Waals surface area contributed by atoms with Gasteiger partial charge in [0.15, 0.2) is 5.69 Å². The van der Waals surface area contributed by atoms with Gasteiger partial charge in [0, 0.05) is 18.5 Å². The van der Waals surface area contributed by atoms with Gasteiger partial charge >= 0.3 is 5.97 Å². The molecule has 0 saturated carbocycles. The van der Waals surface area contributed by atoms with E-state index >= 15 is 0 Å². The predicted molar refractivity (Wildman–Crippen MR) is 53.4 cm³/mol. The van der Waals surface area contributed by atoms with Gasteiger partial charge in [-0.1, -0.05) is 11.8 Å². The fraction of sp³-hybridized carbons (Fsp3) is 0.200. The first-order valence-corrected chi connectivity index (χ1v) is 4.52.